The number of hydrogen-bond acceptors (Lipinski definition) is 5. The van der Waals surface area contributed by atoms with Gasteiger partial charge in [0.25, 0.3) is 5.89 Å². The third-order valence-corrected chi connectivity index (χ3v) is 2.64. The molecule has 18 heavy (non-hydrogen) atoms. The molecule has 0 aromatic carbocycles. The van der Waals surface area contributed by atoms with E-state index in [0.717, 1.165) is 0 Å². The first kappa shape index (κ1) is 12.6. The molecule has 0 aliphatic heterocycles. The maximum Gasteiger partial charge on any atom is 0.303 e. The largest absolute Gasteiger partial charge is 0.481 e. The highest BCUT2D eigenvalue weighted by molar-refractivity contribution is 6.31. The standard InChI is InChI=1S/C11H11ClN2O4/c12-10-7(5-6-17-10)11-14-13-8(18-11)3-1-2-4-9(15)16/h5-6H,1-4H2,(H,15,16). The van der Waals surface area contributed by atoms with Gasteiger partial charge in [0.1, 0.15) is 0 Å². The van der Waals surface area contributed by atoms with Crippen LogP contribution in [-0.2, 0) is 11.2 Å². The van der Waals surface area contributed by atoms with Gasteiger partial charge in [-0.3, -0.25) is 4.79 Å². The minimum atomic E-state index is -0.800. The number of aryl methyl sites for hydroxylation is 1. The first-order valence-electron chi connectivity index (χ1n) is 5.44. The number of aliphatic carboxylic acids is 1. The highest BCUT2D eigenvalue weighted by Crippen LogP contribution is 2.27. The van der Waals surface area contributed by atoms with Crippen LogP contribution in [0.25, 0.3) is 11.5 Å². The molecule has 0 atom stereocenters. The molecular formula is C11H11ClN2O4. The lowest BCUT2D eigenvalue weighted by Crippen LogP contribution is -1.95. The minimum absolute atomic E-state index is 0.147. The molecule has 7 heteroatoms. The van der Waals surface area contributed by atoms with Crippen molar-refractivity contribution >= 4 is 17.6 Å². The fourth-order valence-electron chi connectivity index (χ4n) is 1.46. The van der Waals surface area contributed by atoms with Crippen molar-refractivity contribution in [2.75, 3.05) is 0 Å². The van der Waals surface area contributed by atoms with Crippen molar-refractivity contribution < 1.29 is 18.7 Å². The number of aromatic nitrogens is 2. The molecule has 2 heterocycles. The fraction of sp³-hybridized carbons (Fsp3) is 0.364. The smallest absolute Gasteiger partial charge is 0.303 e. The molecule has 0 radical (unpaired) electrons. The van der Waals surface area contributed by atoms with Crippen LogP contribution in [-0.4, -0.2) is 21.3 Å². The second-order valence-corrected chi connectivity index (χ2v) is 4.05. The Bertz CT molecular complexity index is 535. The second-order valence-electron chi connectivity index (χ2n) is 3.71. The van der Waals surface area contributed by atoms with Crippen LogP contribution in [0, 0.1) is 0 Å². The fourth-order valence-corrected chi connectivity index (χ4v) is 1.66. The second kappa shape index (κ2) is 5.68. The summed E-state index contributed by atoms with van der Waals surface area (Å²) in [6, 6.07) is 1.64. The molecule has 2 rings (SSSR count). The van der Waals surface area contributed by atoms with E-state index in [1.165, 1.54) is 6.26 Å². The molecule has 2 aromatic rings. The zero-order chi connectivity index (χ0) is 13.0. The summed E-state index contributed by atoms with van der Waals surface area (Å²) in [6.07, 6.45) is 3.41. The van der Waals surface area contributed by atoms with Crippen LogP contribution in [0.1, 0.15) is 25.2 Å². The number of carbonyl (C=O) groups is 1. The van der Waals surface area contributed by atoms with Crippen molar-refractivity contribution in [1.82, 2.24) is 10.2 Å². The average molecular weight is 271 g/mol. The van der Waals surface area contributed by atoms with Crippen molar-refractivity contribution in [3.63, 3.8) is 0 Å². The average Bonchev–Trinajstić information content (AvgIpc) is 2.92. The van der Waals surface area contributed by atoms with E-state index in [-0.39, 0.29) is 11.6 Å². The van der Waals surface area contributed by atoms with Crippen molar-refractivity contribution in [3.05, 3.63) is 23.4 Å². The zero-order valence-electron chi connectivity index (χ0n) is 9.43. The van der Waals surface area contributed by atoms with Crippen LogP contribution < -0.4 is 0 Å². The van der Waals surface area contributed by atoms with Crippen molar-refractivity contribution in [1.29, 1.82) is 0 Å². The van der Waals surface area contributed by atoms with E-state index >= 15 is 0 Å². The molecular weight excluding hydrogens is 260 g/mol. The molecule has 0 fully saturated rings. The van der Waals surface area contributed by atoms with Gasteiger partial charge in [0.15, 0.2) is 0 Å². The summed E-state index contributed by atoms with van der Waals surface area (Å²) in [4.78, 5) is 10.3. The predicted octanol–water partition coefficient (Wildman–Crippen LogP) is 2.78. The Labute approximate surface area is 108 Å². The molecule has 0 saturated heterocycles. The normalized spacial score (nSPS) is 10.7. The number of carboxylic acids is 1. The predicted molar refractivity (Wildman–Crippen MR) is 62.2 cm³/mol. The Balaban J connectivity index is 1.91. The summed E-state index contributed by atoms with van der Waals surface area (Å²) >= 11 is 5.79. The molecule has 6 nitrogen and oxygen atoms in total. The van der Waals surface area contributed by atoms with E-state index in [1.807, 2.05) is 0 Å². The highest BCUT2D eigenvalue weighted by Gasteiger charge is 2.13. The Hall–Kier alpha value is -1.82. The quantitative estimate of drug-likeness (QED) is 0.812. The lowest BCUT2D eigenvalue weighted by atomic mass is 10.2. The van der Waals surface area contributed by atoms with Crippen molar-refractivity contribution in [3.8, 4) is 11.5 Å². The van der Waals surface area contributed by atoms with Gasteiger partial charge < -0.3 is 13.9 Å². The Morgan fingerprint density at radius 1 is 1.39 bits per heavy atom. The molecule has 0 bridgehead atoms. The van der Waals surface area contributed by atoms with Crippen LogP contribution in [0.5, 0.6) is 0 Å². The third-order valence-electron chi connectivity index (χ3n) is 2.35. The van der Waals surface area contributed by atoms with E-state index in [0.29, 0.717) is 36.6 Å². The molecule has 0 unspecified atom stereocenters. The summed E-state index contributed by atoms with van der Waals surface area (Å²) in [5.74, 6) is -0.0268. The molecule has 96 valence electrons. The van der Waals surface area contributed by atoms with E-state index in [9.17, 15) is 4.79 Å². The SMILES string of the molecule is O=C(O)CCCCc1nnc(-c2ccoc2Cl)o1. The lowest BCUT2D eigenvalue weighted by Gasteiger charge is -1.94. The van der Waals surface area contributed by atoms with Crippen molar-refractivity contribution in [2.24, 2.45) is 0 Å². The molecule has 0 spiro atoms. The van der Waals surface area contributed by atoms with E-state index < -0.39 is 5.97 Å². The van der Waals surface area contributed by atoms with Gasteiger partial charge in [-0.2, -0.15) is 0 Å². The van der Waals surface area contributed by atoms with E-state index in [4.69, 9.17) is 25.5 Å². The number of nitrogens with zero attached hydrogens (tertiary/aromatic N) is 2. The molecule has 0 saturated carbocycles. The first-order valence-corrected chi connectivity index (χ1v) is 5.82. The number of furan rings is 1. The van der Waals surface area contributed by atoms with Gasteiger partial charge in [-0.15, -0.1) is 10.2 Å². The molecule has 0 aliphatic carbocycles. The van der Waals surface area contributed by atoms with Crippen LogP contribution in [0.3, 0.4) is 0 Å². The topological polar surface area (TPSA) is 89.4 Å². The van der Waals surface area contributed by atoms with E-state index in [1.54, 1.807) is 6.07 Å². The third kappa shape index (κ3) is 3.10. The van der Waals surface area contributed by atoms with Gasteiger partial charge >= 0.3 is 5.97 Å². The maximum atomic E-state index is 10.3. The molecule has 0 aliphatic rings. The zero-order valence-corrected chi connectivity index (χ0v) is 10.2. The van der Waals surface area contributed by atoms with E-state index in [2.05, 4.69) is 10.2 Å². The van der Waals surface area contributed by atoms with Gasteiger partial charge in [-0.05, 0) is 30.5 Å². The maximum absolute atomic E-state index is 10.3. The summed E-state index contributed by atoms with van der Waals surface area (Å²) < 4.78 is 10.3. The number of hydrogen-bond donors (Lipinski definition) is 1. The van der Waals surface area contributed by atoms with Gasteiger partial charge in [0.2, 0.25) is 11.1 Å². The first-order chi connectivity index (χ1) is 8.66. The van der Waals surface area contributed by atoms with Crippen molar-refractivity contribution in [2.45, 2.75) is 25.7 Å². The molecule has 2 aromatic heterocycles. The van der Waals surface area contributed by atoms with Gasteiger partial charge in [0.05, 0.1) is 11.8 Å². The van der Waals surface area contributed by atoms with Crippen LogP contribution in [0.2, 0.25) is 5.22 Å². The summed E-state index contributed by atoms with van der Waals surface area (Å²) in [6.45, 7) is 0. The van der Waals surface area contributed by atoms with Crippen LogP contribution in [0.4, 0.5) is 0 Å². The minimum Gasteiger partial charge on any atom is -0.481 e. The Morgan fingerprint density at radius 3 is 2.89 bits per heavy atom. The van der Waals surface area contributed by atoms with Crippen LogP contribution >= 0.6 is 11.6 Å². The summed E-state index contributed by atoms with van der Waals surface area (Å²) in [7, 11) is 0. The lowest BCUT2D eigenvalue weighted by molar-refractivity contribution is -0.137. The summed E-state index contributed by atoms with van der Waals surface area (Å²) in [5, 5.41) is 16.4. The monoisotopic (exact) mass is 270 g/mol. The number of halogens is 1. The number of rotatable bonds is 6. The van der Waals surface area contributed by atoms with Gasteiger partial charge in [-0.25, -0.2) is 0 Å². The number of unbranched alkanes of at least 4 members (excludes halogenated alkanes) is 1. The Kier molecular flexibility index (Phi) is 3.99. The van der Waals surface area contributed by atoms with Gasteiger partial charge in [-0.1, -0.05) is 0 Å². The summed E-state index contributed by atoms with van der Waals surface area (Å²) in [5.41, 5.74) is 0.556. The molecule has 0 amide bonds. The Morgan fingerprint density at radius 2 is 2.22 bits per heavy atom. The van der Waals surface area contributed by atoms with Crippen LogP contribution in [0.15, 0.2) is 21.2 Å². The highest BCUT2D eigenvalue weighted by atomic mass is 35.5. The van der Waals surface area contributed by atoms with Gasteiger partial charge in [0, 0.05) is 12.8 Å². The molecule has 1 N–H and O–H groups in total. The number of carboxylic acid groups (broad SMARTS) is 1.